The summed E-state index contributed by atoms with van der Waals surface area (Å²) < 4.78 is 2.07. The van der Waals surface area contributed by atoms with Crippen molar-refractivity contribution in [1.82, 2.24) is 24.4 Å². The first-order valence-electron chi connectivity index (χ1n) is 15.8. The molecule has 0 atom stereocenters. The number of allylic oxidation sites excluding steroid dienone is 2. The fourth-order valence-corrected chi connectivity index (χ4v) is 6.11. The Balaban J connectivity index is 0.000000581. The van der Waals surface area contributed by atoms with Gasteiger partial charge in [0.15, 0.2) is 23.3 Å². The Morgan fingerprint density at radius 3 is 1.78 bits per heavy atom. The van der Waals surface area contributed by atoms with Gasteiger partial charge in [-0.15, -0.1) is 0 Å². The van der Waals surface area contributed by atoms with E-state index in [-0.39, 0.29) is 17.6 Å². The molecule has 2 amide bonds. The number of hydrogen-bond acceptors (Lipinski definition) is 6. The summed E-state index contributed by atoms with van der Waals surface area (Å²) in [4.78, 5) is 51.8. The molecule has 0 unspecified atom stereocenters. The molecule has 8 nitrogen and oxygen atoms in total. The van der Waals surface area contributed by atoms with Crippen LogP contribution in [-0.4, -0.2) is 49.1 Å². The van der Waals surface area contributed by atoms with Crippen LogP contribution >= 0.6 is 0 Å². The summed E-state index contributed by atoms with van der Waals surface area (Å²) in [7, 11) is 1.52. The molecular formula is C41H31N5O3. The highest BCUT2D eigenvalue weighted by Crippen LogP contribution is 2.37. The van der Waals surface area contributed by atoms with Gasteiger partial charge in [-0.3, -0.25) is 19.3 Å². The quantitative estimate of drug-likeness (QED) is 0.138. The van der Waals surface area contributed by atoms with Crippen LogP contribution in [0.5, 0.6) is 0 Å². The molecule has 8 rings (SSSR count). The van der Waals surface area contributed by atoms with Crippen LogP contribution in [0.25, 0.3) is 61.7 Å². The predicted molar refractivity (Wildman–Crippen MR) is 192 cm³/mol. The van der Waals surface area contributed by atoms with Crippen LogP contribution in [-0.2, 0) is 4.79 Å². The zero-order valence-electron chi connectivity index (χ0n) is 27.2. The summed E-state index contributed by atoms with van der Waals surface area (Å²) >= 11 is 0. The molecule has 238 valence electrons. The molecule has 0 N–H and O–H groups in total. The van der Waals surface area contributed by atoms with Crippen molar-refractivity contribution >= 4 is 39.4 Å². The third kappa shape index (κ3) is 5.70. The number of nitrogens with zero attached hydrogens (tertiary/aromatic N) is 5. The first-order chi connectivity index (χ1) is 23.9. The lowest BCUT2D eigenvalue weighted by atomic mass is 10.1. The van der Waals surface area contributed by atoms with Gasteiger partial charge in [0, 0.05) is 34.5 Å². The van der Waals surface area contributed by atoms with Gasteiger partial charge in [0.2, 0.25) is 0 Å². The van der Waals surface area contributed by atoms with E-state index in [0.717, 1.165) is 38.5 Å². The molecule has 0 radical (unpaired) electrons. The van der Waals surface area contributed by atoms with Gasteiger partial charge in [-0.05, 0) is 56.3 Å². The van der Waals surface area contributed by atoms with Crippen molar-refractivity contribution in [2.45, 2.75) is 13.8 Å². The molecule has 3 heterocycles. The number of rotatable bonds is 5. The van der Waals surface area contributed by atoms with E-state index in [1.54, 1.807) is 12.1 Å². The van der Waals surface area contributed by atoms with Gasteiger partial charge in [-0.25, -0.2) is 15.0 Å². The highest BCUT2D eigenvalue weighted by molar-refractivity contribution is 6.23. The zero-order chi connectivity index (χ0) is 34.1. The molecule has 1 aliphatic rings. The van der Waals surface area contributed by atoms with E-state index in [2.05, 4.69) is 16.7 Å². The maximum atomic E-state index is 13.2. The minimum absolute atomic E-state index is 0.109. The van der Waals surface area contributed by atoms with E-state index < -0.39 is 0 Å². The van der Waals surface area contributed by atoms with Gasteiger partial charge in [-0.2, -0.15) is 0 Å². The second kappa shape index (κ2) is 12.9. The molecule has 0 bridgehead atoms. The Hall–Kier alpha value is -6.54. The number of benzene rings is 5. The number of amides is 2. The lowest BCUT2D eigenvalue weighted by molar-refractivity contribution is -0.112. The van der Waals surface area contributed by atoms with E-state index >= 15 is 0 Å². The lowest BCUT2D eigenvalue weighted by Crippen LogP contribution is -2.24. The third-order valence-corrected chi connectivity index (χ3v) is 8.37. The highest BCUT2D eigenvalue weighted by atomic mass is 16.2. The second-order valence-electron chi connectivity index (χ2n) is 11.6. The summed E-state index contributed by atoms with van der Waals surface area (Å²) in [5.41, 5.74) is 6.01. The van der Waals surface area contributed by atoms with E-state index in [1.165, 1.54) is 24.9 Å². The minimum Gasteiger partial charge on any atom is -0.308 e. The second-order valence-corrected chi connectivity index (χ2v) is 11.6. The Morgan fingerprint density at radius 1 is 0.612 bits per heavy atom. The van der Waals surface area contributed by atoms with E-state index in [1.807, 2.05) is 110 Å². The monoisotopic (exact) mass is 641 g/mol. The smallest absolute Gasteiger partial charge is 0.263 e. The van der Waals surface area contributed by atoms with Gasteiger partial charge in [0.1, 0.15) is 0 Å². The average molecular weight is 642 g/mol. The first kappa shape index (κ1) is 31.1. The number of fused-ring (bicyclic) bond motifs is 4. The van der Waals surface area contributed by atoms with E-state index in [4.69, 9.17) is 15.0 Å². The Kier molecular flexibility index (Phi) is 8.20. The van der Waals surface area contributed by atoms with Crippen LogP contribution in [0.2, 0.25) is 0 Å². The van der Waals surface area contributed by atoms with Crippen molar-refractivity contribution in [3.8, 4) is 39.9 Å². The van der Waals surface area contributed by atoms with Gasteiger partial charge in [0.05, 0.1) is 27.8 Å². The summed E-state index contributed by atoms with van der Waals surface area (Å²) in [6.07, 6.45) is 3.25. The molecule has 2 aromatic heterocycles. The number of carbonyl (C=O) groups excluding carboxylic acids is 3. The first-order valence-corrected chi connectivity index (χ1v) is 15.8. The van der Waals surface area contributed by atoms with Crippen LogP contribution in [0.3, 0.4) is 0 Å². The number of carbonyl (C=O) groups is 3. The van der Waals surface area contributed by atoms with Gasteiger partial charge < -0.3 is 4.57 Å². The fraction of sp³-hybridized carbons (Fsp3) is 0.0732. The maximum absolute atomic E-state index is 13.2. The normalized spacial score (nSPS) is 12.4. The molecule has 0 fully saturated rings. The molecule has 1 aliphatic heterocycles. The molecule has 0 saturated carbocycles. The molecule has 8 heteroatoms. The van der Waals surface area contributed by atoms with Gasteiger partial charge >= 0.3 is 0 Å². The van der Waals surface area contributed by atoms with Gasteiger partial charge in [-0.1, -0.05) is 91.0 Å². The standard InChI is InChI=1S/C36H23N5O2.C5H8O/c1-40-35(42)26-16-10-18-30(31(26)36(40)43)41-28-17-9-8-15-25(28)27-21-24(19-20-29(27)41)34-38-32(22-11-4-2-5-12-22)37-33(39-34)23-13-6-3-7-14-23;1-3-4-5(2)6/h2-21H,1H3;3-4H,1-2H3/b;4-3+. The van der Waals surface area contributed by atoms with Crippen molar-refractivity contribution in [1.29, 1.82) is 0 Å². The number of para-hydroxylation sites is 1. The van der Waals surface area contributed by atoms with E-state index in [0.29, 0.717) is 34.3 Å². The summed E-state index contributed by atoms with van der Waals surface area (Å²) in [5.74, 6) is 1.28. The average Bonchev–Trinajstić information content (AvgIpc) is 3.59. The summed E-state index contributed by atoms with van der Waals surface area (Å²) in [5, 5.41) is 2.00. The van der Waals surface area contributed by atoms with E-state index in [9.17, 15) is 14.4 Å². The molecule has 7 aromatic rings. The number of imide groups is 1. The number of hydrogen-bond donors (Lipinski definition) is 0. The highest BCUT2D eigenvalue weighted by Gasteiger charge is 2.35. The van der Waals surface area contributed by atoms with Crippen molar-refractivity contribution in [2.75, 3.05) is 7.05 Å². The van der Waals surface area contributed by atoms with Crippen molar-refractivity contribution in [2.24, 2.45) is 0 Å². The van der Waals surface area contributed by atoms with Crippen LogP contribution in [0.4, 0.5) is 0 Å². The van der Waals surface area contributed by atoms with Crippen LogP contribution in [0.15, 0.2) is 133 Å². The Bertz CT molecular complexity index is 2370. The molecule has 0 spiro atoms. The van der Waals surface area contributed by atoms with Crippen molar-refractivity contribution < 1.29 is 14.4 Å². The van der Waals surface area contributed by atoms with Crippen molar-refractivity contribution in [3.05, 3.63) is 145 Å². The minimum atomic E-state index is -0.301. The Morgan fingerprint density at radius 2 is 1.18 bits per heavy atom. The summed E-state index contributed by atoms with van der Waals surface area (Å²) in [6.45, 7) is 3.35. The molecular weight excluding hydrogens is 610 g/mol. The molecule has 0 aliphatic carbocycles. The predicted octanol–water partition coefficient (Wildman–Crippen LogP) is 8.35. The zero-order valence-corrected chi connectivity index (χ0v) is 27.2. The summed E-state index contributed by atoms with van der Waals surface area (Å²) in [6, 6.07) is 39.4. The maximum Gasteiger partial charge on any atom is 0.263 e. The molecule has 5 aromatic carbocycles. The SMILES string of the molecule is C/C=C/C(C)=O.CN1C(=O)c2cccc(-n3c4ccccc4c4cc(-c5nc(-c6ccccc6)nc(-c6ccccc6)n5)ccc43)c2C1=O. The van der Waals surface area contributed by atoms with Crippen LogP contribution < -0.4 is 0 Å². The van der Waals surface area contributed by atoms with Crippen molar-refractivity contribution in [3.63, 3.8) is 0 Å². The topological polar surface area (TPSA) is 98.1 Å². The van der Waals surface area contributed by atoms with Crippen LogP contribution in [0, 0.1) is 0 Å². The van der Waals surface area contributed by atoms with Crippen LogP contribution in [0.1, 0.15) is 34.6 Å². The largest absolute Gasteiger partial charge is 0.308 e. The molecule has 0 saturated heterocycles. The lowest BCUT2D eigenvalue weighted by Gasteiger charge is -2.12. The fourth-order valence-electron chi connectivity index (χ4n) is 6.11. The Labute approximate surface area is 283 Å². The molecule has 49 heavy (non-hydrogen) atoms. The number of aromatic nitrogens is 4. The third-order valence-electron chi connectivity index (χ3n) is 8.37. The number of ketones is 1. The van der Waals surface area contributed by atoms with Gasteiger partial charge in [0.25, 0.3) is 11.8 Å².